The molecule has 0 aliphatic heterocycles. The quantitative estimate of drug-likeness (QED) is 0.704. The highest BCUT2D eigenvalue weighted by Gasteiger charge is 2.19. The Bertz CT molecular complexity index is 488. The van der Waals surface area contributed by atoms with Crippen LogP contribution in [0.3, 0.4) is 0 Å². The topological polar surface area (TPSA) is 71.1 Å². The molecule has 1 heterocycles. The normalized spacial score (nSPS) is 13.4. The summed E-state index contributed by atoms with van der Waals surface area (Å²) in [4.78, 5) is 3.99. The molecule has 1 atom stereocenters. The zero-order valence-electron chi connectivity index (χ0n) is 11.8. The minimum atomic E-state index is -3.29. The van der Waals surface area contributed by atoms with E-state index in [0.29, 0.717) is 13.1 Å². The van der Waals surface area contributed by atoms with Gasteiger partial charge in [0.2, 0.25) is 10.0 Å². The second-order valence-electron chi connectivity index (χ2n) is 4.68. The highest BCUT2D eigenvalue weighted by Crippen LogP contribution is 2.06. The van der Waals surface area contributed by atoms with Crippen molar-refractivity contribution in [2.45, 2.75) is 39.0 Å². The molecule has 0 aliphatic carbocycles. The van der Waals surface area contributed by atoms with Crippen LogP contribution >= 0.6 is 0 Å². The first kappa shape index (κ1) is 16.1. The first-order chi connectivity index (χ1) is 8.97. The molecule has 1 unspecified atom stereocenters. The Labute approximate surface area is 115 Å². The summed E-state index contributed by atoms with van der Waals surface area (Å²) in [5.74, 6) is 0. The Hall–Kier alpha value is -0.980. The fourth-order valence-corrected chi connectivity index (χ4v) is 2.59. The number of hydrogen-bond donors (Lipinski definition) is 2. The molecule has 0 bridgehead atoms. The average Bonchev–Trinajstić information content (AvgIpc) is 2.38. The molecular weight excluding hydrogens is 262 g/mol. The number of nitrogens with zero attached hydrogens (tertiary/aromatic N) is 1. The van der Waals surface area contributed by atoms with Crippen LogP contribution in [0.15, 0.2) is 18.5 Å². The van der Waals surface area contributed by atoms with Crippen molar-refractivity contribution in [3.63, 3.8) is 0 Å². The minimum absolute atomic E-state index is 0.314. The molecule has 0 fully saturated rings. The van der Waals surface area contributed by atoms with Crippen LogP contribution in [0.1, 0.15) is 31.4 Å². The van der Waals surface area contributed by atoms with E-state index in [2.05, 4.69) is 21.9 Å². The minimum Gasteiger partial charge on any atom is -0.315 e. The molecule has 0 aliphatic rings. The molecule has 19 heavy (non-hydrogen) atoms. The summed E-state index contributed by atoms with van der Waals surface area (Å²) in [7, 11) is -3.29. The van der Waals surface area contributed by atoms with Gasteiger partial charge in [0.1, 0.15) is 0 Å². The maximum Gasteiger partial charge on any atom is 0.215 e. The van der Waals surface area contributed by atoms with Crippen LogP contribution < -0.4 is 10.0 Å². The van der Waals surface area contributed by atoms with Crippen LogP contribution in [-0.4, -0.2) is 31.7 Å². The number of hydrogen-bond acceptors (Lipinski definition) is 4. The lowest BCUT2D eigenvalue weighted by Crippen LogP contribution is -2.39. The molecular formula is C13H23N3O2S. The van der Waals surface area contributed by atoms with E-state index >= 15 is 0 Å². The van der Waals surface area contributed by atoms with Gasteiger partial charge in [0, 0.05) is 25.5 Å². The molecule has 0 amide bonds. The van der Waals surface area contributed by atoms with Crippen molar-refractivity contribution in [3.05, 3.63) is 29.6 Å². The smallest absolute Gasteiger partial charge is 0.215 e. The van der Waals surface area contributed by atoms with E-state index in [1.807, 2.05) is 13.0 Å². The van der Waals surface area contributed by atoms with Crippen LogP contribution in [0.2, 0.25) is 0 Å². The molecule has 1 rings (SSSR count). The van der Waals surface area contributed by atoms with E-state index in [0.717, 1.165) is 24.1 Å². The van der Waals surface area contributed by atoms with Crippen molar-refractivity contribution in [3.8, 4) is 0 Å². The highest BCUT2D eigenvalue weighted by molar-refractivity contribution is 7.90. The average molecular weight is 285 g/mol. The summed E-state index contributed by atoms with van der Waals surface area (Å²) in [6.07, 6.45) is 4.40. The molecule has 6 heteroatoms. The second-order valence-corrected chi connectivity index (χ2v) is 6.87. The monoisotopic (exact) mass is 285 g/mol. The van der Waals surface area contributed by atoms with Crippen molar-refractivity contribution in [1.82, 2.24) is 15.0 Å². The van der Waals surface area contributed by atoms with Crippen molar-refractivity contribution in [2.75, 3.05) is 13.1 Å². The lowest BCUT2D eigenvalue weighted by Gasteiger charge is -2.15. The fourth-order valence-electron chi connectivity index (χ4n) is 1.61. The molecule has 0 saturated carbocycles. The van der Waals surface area contributed by atoms with Gasteiger partial charge in [-0.25, -0.2) is 13.1 Å². The highest BCUT2D eigenvalue weighted by atomic mass is 32.2. The lowest BCUT2D eigenvalue weighted by atomic mass is 10.2. The van der Waals surface area contributed by atoms with E-state index < -0.39 is 15.3 Å². The van der Waals surface area contributed by atoms with Crippen molar-refractivity contribution in [1.29, 1.82) is 0 Å². The Balaban J connectivity index is 2.53. The van der Waals surface area contributed by atoms with E-state index in [-0.39, 0.29) is 0 Å². The largest absolute Gasteiger partial charge is 0.315 e. The van der Waals surface area contributed by atoms with Gasteiger partial charge >= 0.3 is 0 Å². The van der Waals surface area contributed by atoms with E-state index in [9.17, 15) is 8.42 Å². The molecule has 0 aromatic carbocycles. The molecule has 1 aromatic heterocycles. The van der Waals surface area contributed by atoms with Gasteiger partial charge < -0.3 is 5.32 Å². The number of nitrogens with one attached hydrogen (secondary N) is 2. The molecule has 1 aromatic rings. The summed E-state index contributed by atoms with van der Waals surface area (Å²) >= 11 is 0. The standard InChI is InChI=1S/C13H23N3O2S/c1-4-6-14-9-12(3)19(17,18)16-10-13-5-7-15-8-11(13)2/h5,7-8,12,14,16H,4,6,9-10H2,1-3H3. The molecule has 5 nitrogen and oxygen atoms in total. The molecule has 0 radical (unpaired) electrons. The molecule has 0 spiro atoms. The van der Waals surface area contributed by atoms with Crippen LogP contribution in [0.25, 0.3) is 0 Å². The molecule has 2 N–H and O–H groups in total. The van der Waals surface area contributed by atoms with E-state index in [1.54, 1.807) is 19.3 Å². The van der Waals surface area contributed by atoms with Crippen LogP contribution in [0, 0.1) is 6.92 Å². The SMILES string of the molecule is CCCNCC(C)S(=O)(=O)NCc1ccncc1C. The third-order valence-electron chi connectivity index (χ3n) is 2.99. The van der Waals surface area contributed by atoms with Gasteiger partial charge in [0.25, 0.3) is 0 Å². The summed E-state index contributed by atoms with van der Waals surface area (Å²) in [6.45, 7) is 7.31. The Morgan fingerprint density at radius 1 is 1.42 bits per heavy atom. The van der Waals surface area contributed by atoms with Gasteiger partial charge in [-0.3, -0.25) is 4.98 Å². The van der Waals surface area contributed by atoms with Gasteiger partial charge in [-0.05, 0) is 44.0 Å². The summed E-state index contributed by atoms with van der Waals surface area (Å²) in [5, 5.41) is 2.68. The second kappa shape index (κ2) is 7.57. The van der Waals surface area contributed by atoms with E-state index in [1.165, 1.54) is 0 Å². The lowest BCUT2D eigenvalue weighted by molar-refractivity contribution is 0.556. The van der Waals surface area contributed by atoms with Crippen LogP contribution in [0.5, 0.6) is 0 Å². The number of pyridine rings is 1. The summed E-state index contributed by atoms with van der Waals surface area (Å²) in [6, 6.07) is 1.83. The first-order valence-electron chi connectivity index (χ1n) is 6.56. The summed E-state index contributed by atoms with van der Waals surface area (Å²) < 4.78 is 26.7. The van der Waals surface area contributed by atoms with Crippen LogP contribution in [0.4, 0.5) is 0 Å². The Kier molecular flexibility index (Phi) is 6.41. The summed E-state index contributed by atoms with van der Waals surface area (Å²) in [5.41, 5.74) is 1.94. The third-order valence-corrected chi connectivity index (χ3v) is 4.76. The van der Waals surface area contributed by atoms with Gasteiger partial charge in [0.05, 0.1) is 5.25 Å². The van der Waals surface area contributed by atoms with Gasteiger partial charge in [-0.1, -0.05) is 6.92 Å². The number of rotatable bonds is 8. The predicted molar refractivity (Wildman–Crippen MR) is 77.4 cm³/mol. The van der Waals surface area contributed by atoms with E-state index in [4.69, 9.17) is 0 Å². The maximum atomic E-state index is 12.0. The zero-order chi connectivity index (χ0) is 14.3. The maximum absolute atomic E-state index is 12.0. The number of aromatic nitrogens is 1. The third kappa shape index (κ3) is 5.26. The first-order valence-corrected chi connectivity index (χ1v) is 8.10. The van der Waals surface area contributed by atoms with Gasteiger partial charge in [-0.2, -0.15) is 0 Å². The Morgan fingerprint density at radius 3 is 2.79 bits per heavy atom. The molecule has 0 saturated heterocycles. The van der Waals surface area contributed by atoms with Crippen LogP contribution in [-0.2, 0) is 16.6 Å². The fraction of sp³-hybridized carbons (Fsp3) is 0.615. The Morgan fingerprint density at radius 2 is 2.16 bits per heavy atom. The predicted octanol–water partition coefficient (Wildman–Crippen LogP) is 1.20. The number of aryl methyl sites for hydroxylation is 1. The van der Waals surface area contributed by atoms with Crippen molar-refractivity contribution in [2.24, 2.45) is 0 Å². The molecule has 108 valence electrons. The zero-order valence-corrected chi connectivity index (χ0v) is 12.6. The number of sulfonamides is 1. The van der Waals surface area contributed by atoms with Gasteiger partial charge in [0.15, 0.2) is 0 Å². The van der Waals surface area contributed by atoms with Crippen molar-refractivity contribution >= 4 is 10.0 Å². The van der Waals surface area contributed by atoms with Gasteiger partial charge in [-0.15, -0.1) is 0 Å². The van der Waals surface area contributed by atoms with Crippen molar-refractivity contribution < 1.29 is 8.42 Å².